The minimum absolute atomic E-state index is 0.0320. The number of amides is 1. The minimum atomic E-state index is -2.93. The van der Waals surface area contributed by atoms with Crippen molar-refractivity contribution in [2.24, 2.45) is 0 Å². The molecule has 5 nitrogen and oxygen atoms in total. The summed E-state index contributed by atoms with van der Waals surface area (Å²) in [6.07, 6.45) is 0.655. The standard InChI is InChI=1S/C22H17F2N3O2S2/c1-13-19(31-18(25-13)11-14-7-3-2-4-8-14)20(28)27-22-26-16(12-30-22)15-9-5-6-10-17(15)29-21(23)24/h2-10,12,21H,11H2,1H3,(H,26,27,28). The Balaban J connectivity index is 1.49. The SMILES string of the molecule is Cc1nc(Cc2ccccc2)sc1C(=O)Nc1nc(-c2ccccc2OC(F)F)cs1. The molecule has 2 heterocycles. The van der Waals surface area contributed by atoms with Crippen molar-refractivity contribution < 1.29 is 18.3 Å². The molecule has 0 atom stereocenters. The number of anilines is 1. The smallest absolute Gasteiger partial charge is 0.387 e. The Morgan fingerprint density at radius 3 is 2.61 bits per heavy atom. The number of aromatic nitrogens is 2. The van der Waals surface area contributed by atoms with Gasteiger partial charge in [-0.15, -0.1) is 22.7 Å². The Morgan fingerprint density at radius 2 is 1.84 bits per heavy atom. The molecular formula is C22H17F2N3O2S2. The minimum Gasteiger partial charge on any atom is -0.434 e. The summed E-state index contributed by atoms with van der Waals surface area (Å²) >= 11 is 2.55. The molecule has 2 aromatic heterocycles. The number of hydrogen-bond donors (Lipinski definition) is 1. The summed E-state index contributed by atoms with van der Waals surface area (Å²) in [7, 11) is 0. The Labute approximate surface area is 185 Å². The second-order valence-electron chi connectivity index (χ2n) is 6.55. The lowest BCUT2D eigenvalue weighted by Crippen LogP contribution is -2.11. The second kappa shape index (κ2) is 9.32. The number of benzene rings is 2. The van der Waals surface area contributed by atoms with E-state index in [1.54, 1.807) is 30.5 Å². The molecule has 0 spiro atoms. The monoisotopic (exact) mass is 457 g/mol. The first-order valence-electron chi connectivity index (χ1n) is 9.31. The fourth-order valence-corrected chi connectivity index (χ4v) is 4.69. The molecule has 0 aliphatic heterocycles. The van der Waals surface area contributed by atoms with Gasteiger partial charge in [-0.05, 0) is 24.6 Å². The van der Waals surface area contributed by atoms with E-state index in [0.717, 1.165) is 10.6 Å². The average Bonchev–Trinajstić information content (AvgIpc) is 3.35. The van der Waals surface area contributed by atoms with Crippen molar-refractivity contribution in [2.75, 3.05) is 5.32 Å². The number of para-hydroxylation sites is 1. The summed E-state index contributed by atoms with van der Waals surface area (Å²) in [4.78, 5) is 22.2. The van der Waals surface area contributed by atoms with Crippen molar-refractivity contribution in [3.63, 3.8) is 0 Å². The highest BCUT2D eigenvalue weighted by Crippen LogP contribution is 2.33. The lowest BCUT2D eigenvalue weighted by Gasteiger charge is -2.08. The van der Waals surface area contributed by atoms with Gasteiger partial charge in [-0.3, -0.25) is 10.1 Å². The lowest BCUT2D eigenvalue weighted by molar-refractivity contribution is -0.0494. The number of thiazole rings is 2. The maximum Gasteiger partial charge on any atom is 0.387 e. The number of aryl methyl sites for hydroxylation is 1. The number of alkyl halides is 2. The molecule has 0 aliphatic rings. The van der Waals surface area contributed by atoms with Crippen LogP contribution in [0.1, 0.15) is 25.9 Å². The molecule has 0 unspecified atom stereocenters. The number of ether oxygens (including phenoxy) is 1. The van der Waals surface area contributed by atoms with Gasteiger partial charge in [0.15, 0.2) is 5.13 Å². The van der Waals surface area contributed by atoms with Crippen molar-refractivity contribution >= 4 is 33.7 Å². The molecule has 0 saturated carbocycles. The van der Waals surface area contributed by atoms with Crippen LogP contribution in [0.5, 0.6) is 5.75 Å². The van der Waals surface area contributed by atoms with Crippen LogP contribution < -0.4 is 10.1 Å². The predicted molar refractivity (Wildman–Crippen MR) is 118 cm³/mol. The van der Waals surface area contributed by atoms with Gasteiger partial charge in [-0.25, -0.2) is 9.97 Å². The molecule has 2 aromatic carbocycles. The first kappa shape index (κ1) is 21.1. The quantitative estimate of drug-likeness (QED) is 0.369. The zero-order chi connectivity index (χ0) is 21.8. The molecule has 158 valence electrons. The Kier molecular flexibility index (Phi) is 6.34. The van der Waals surface area contributed by atoms with Crippen LogP contribution in [-0.4, -0.2) is 22.5 Å². The number of nitrogens with zero attached hydrogens (tertiary/aromatic N) is 2. The van der Waals surface area contributed by atoms with Crippen molar-refractivity contribution in [2.45, 2.75) is 20.0 Å². The summed E-state index contributed by atoms with van der Waals surface area (Å²) in [5.74, 6) is -0.267. The normalized spacial score (nSPS) is 11.0. The van der Waals surface area contributed by atoms with Crippen LogP contribution in [0.2, 0.25) is 0 Å². The summed E-state index contributed by atoms with van der Waals surface area (Å²) in [6.45, 7) is -1.14. The zero-order valence-electron chi connectivity index (χ0n) is 16.3. The summed E-state index contributed by atoms with van der Waals surface area (Å²) in [6, 6.07) is 16.3. The van der Waals surface area contributed by atoms with Crippen molar-refractivity contribution in [1.82, 2.24) is 9.97 Å². The molecular weight excluding hydrogens is 440 g/mol. The molecule has 4 aromatic rings. The summed E-state index contributed by atoms with van der Waals surface area (Å²) < 4.78 is 29.9. The maximum absolute atomic E-state index is 12.8. The number of nitrogens with one attached hydrogen (secondary N) is 1. The van der Waals surface area contributed by atoms with E-state index in [1.165, 1.54) is 28.7 Å². The van der Waals surface area contributed by atoms with E-state index in [4.69, 9.17) is 0 Å². The third-order valence-corrected chi connectivity index (χ3v) is 6.26. The molecule has 0 radical (unpaired) electrons. The van der Waals surface area contributed by atoms with E-state index in [0.29, 0.717) is 33.4 Å². The van der Waals surface area contributed by atoms with Crippen LogP contribution in [0.15, 0.2) is 60.0 Å². The highest BCUT2D eigenvalue weighted by atomic mass is 32.1. The van der Waals surface area contributed by atoms with Crippen LogP contribution in [0, 0.1) is 6.92 Å². The van der Waals surface area contributed by atoms with Gasteiger partial charge in [0.2, 0.25) is 0 Å². The van der Waals surface area contributed by atoms with Gasteiger partial charge < -0.3 is 4.74 Å². The van der Waals surface area contributed by atoms with Gasteiger partial charge in [-0.1, -0.05) is 42.5 Å². The van der Waals surface area contributed by atoms with Crippen molar-refractivity contribution in [3.05, 3.63) is 81.1 Å². The fourth-order valence-electron chi connectivity index (χ4n) is 2.99. The van der Waals surface area contributed by atoms with E-state index in [1.807, 2.05) is 30.3 Å². The van der Waals surface area contributed by atoms with Crippen LogP contribution in [0.25, 0.3) is 11.3 Å². The molecule has 0 aliphatic carbocycles. The topological polar surface area (TPSA) is 64.1 Å². The fraction of sp³-hybridized carbons (Fsp3) is 0.136. The number of carbonyl (C=O) groups is 1. The number of hydrogen-bond acceptors (Lipinski definition) is 6. The number of carbonyl (C=O) groups excluding carboxylic acids is 1. The zero-order valence-corrected chi connectivity index (χ0v) is 18.0. The molecule has 0 fully saturated rings. The van der Waals surface area contributed by atoms with E-state index in [-0.39, 0.29) is 11.7 Å². The van der Waals surface area contributed by atoms with Crippen LogP contribution in [-0.2, 0) is 6.42 Å². The highest BCUT2D eigenvalue weighted by molar-refractivity contribution is 7.15. The van der Waals surface area contributed by atoms with Crippen LogP contribution in [0.3, 0.4) is 0 Å². The highest BCUT2D eigenvalue weighted by Gasteiger charge is 2.18. The van der Waals surface area contributed by atoms with E-state index < -0.39 is 6.61 Å². The van der Waals surface area contributed by atoms with E-state index in [2.05, 4.69) is 20.0 Å². The van der Waals surface area contributed by atoms with Gasteiger partial charge >= 0.3 is 6.61 Å². The van der Waals surface area contributed by atoms with Gasteiger partial charge in [-0.2, -0.15) is 8.78 Å². The van der Waals surface area contributed by atoms with Crippen LogP contribution in [0.4, 0.5) is 13.9 Å². The van der Waals surface area contributed by atoms with Crippen LogP contribution >= 0.6 is 22.7 Å². The number of halogens is 2. The average molecular weight is 458 g/mol. The van der Waals surface area contributed by atoms with E-state index >= 15 is 0 Å². The molecule has 4 rings (SSSR count). The lowest BCUT2D eigenvalue weighted by atomic mass is 10.1. The molecule has 31 heavy (non-hydrogen) atoms. The molecule has 1 N–H and O–H groups in total. The molecule has 0 saturated heterocycles. The predicted octanol–water partition coefficient (Wildman–Crippen LogP) is 6.02. The Bertz CT molecular complexity index is 1190. The third kappa shape index (κ3) is 5.12. The van der Waals surface area contributed by atoms with Gasteiger partial charge in [0, 0.05) is 17.4 Å². The van der Waals surface area contributed by atoms with E-state index in [9.17, 15) is 13.6 Å². The molecule has 0 bridgehead atoms. The van der Waals surface area contributed by atoms with Gasteiger partial charge in [0.05, 0.1) is 16.4 Å². The van der Waals surface area contributed by atoms with Gasteiger partial charge in [0.1, 0.15) is 10.6 Å². The summed E-state index contributed by atoms with van der Waals surface area (Å²) in [5, 5.41) is 5.68. The second-order valence-corrected chi connectivity index (χ2v) is 8.49. The van der Waals surface area contributed by atoms with Crippen molar-refractivity contribution in [1.29, 1.82) is 0 Å². The van der Waals surface area contributed by atoms with Gasteiger partial charge in [0.25, 0.3) is 5.91 Å². The summed E-state index contributed by atoms with van der Waals surface area (Å²) in [5.41, 5.74) is 2.65. The van der Waals surface area contributed by atoms with Crippen molar-refractivity contribution in [3.8, 4) is 17.0 Å². The Hall–Kier alpha value is -3.17. The Morgan fingerprint density at radius 1 is 1.10 bits per heavy atom. The molecule has 9 heteroatoms. The first-order chi connectivity index (χ1) is 15.0. The first-order valence-corrected chi connectivity index (χ1v) is 11.0. The molecule has 1 amide bonds. The maximum atomic E-state index is 12.8. The number of rotatable bonds is 7. The third-order valence-electron chi connectivity index (χ3n) is 4.35. The largest absolute Gasteiger partial charge is 0.434 e.